The number of allylic oxidation sites excluding steroid dienone is 2. The number of hydrogen-bond donors (Lipinski definition) is 1. The first kappa shape index (κ1) is 28.2. The van der Waals surface area contributed by atoms with Crippen molar-refractivity contribution in [3.05, 3.63) is 113 Å². The first-order valence-corrected chi connectivity index (χ1v) is 15.4. The number of fused-ring (bicyclic) bond motifs is 4. The summed E-state index contributed by atoms with van der Waals surface area (Å²) in [5, 5.41) is 11.1. The van der Waals surface area contributed by atoms with Gasteiger partial charge < -0.3 is 5.11 Å². The van der Waals surface area contributed by atoms with Crippen molar-refractivity contribution in [3.63, 3.8) is 0 Å². The third-order valence-corrected chi connectivity index (χ3v) is 10.2. The fourth-order valence-electron chi connectivity index (χ4n) is 7.74. The van der Waals surface area contributed by atoms with Crippen LogP contribution in [0.25, 0.3) is 12.2 Å². The van der Waals surface area contributed by atoms with E-state index >= 15 is 0 Å². The van der Waals surface area contributed by atoms with Gasteiger partial charge in [0.1, 0.15) is 5.75 Å². The summed E-state index contributed by atoms with van der Waals surface area (Å²) in [4.78, 5) is 58.7. The maximum Gasteiger partial charge on any atom is 0.238 e. The van der Waals surface area contributed by atoms with Gasteiger partial charge in [-0.05, 0) is 72.4 Å². The van der Waals surface area contributed by atoms with E-state index in [1.807, 2.05) is 18.2 Å². The van der Waals surface area contributed by atoms with Crippen LogP contribution in [0.3, 0.4) is 0 Å². The van der Waals surface area contributed by atoms with Crippen molar-refractivity contribution in [1.82, 2.24) is 0 Å². The molecule has 0 radical (unpaired) electrons. The van der Waals surface area contributed by atoms with E-state index in [-0.39, 0.29) is 35.8 Å². The summed E-state index contributed by atoms with van der Waals surface area (Å²) < 4.78 is 0.716. The molecule has 220 valence electrons. The van der Waals surface area contributed by atoms with Gasteiger partial charge in [-0.25, -0.2) is 0 Å². The van der Waals surface area contributed by atoms with E-state index in [0.29, 0.717) is 27.8 Å². The number of aromatic hydroxyl groups is 1. The van der Waals surface area contributed by atoms with Gasteiger partial charge >= 0.3 is 0 Å². The summed E-state index contributed by atoms with van der Waals surface area (Å²) in [7, 11) is 0. The van der Waals surface area contributed by atoms with Crippen molar-refractivity contribution in [2.45, 2.75) is 18.8 Å². The Morgan fingerprint density at radius 2 is 1.25 bits per heavy atom. The first-order valence-electron chi connectivity index (χ1n) is 14.6. The highest BCUT2D eigenvalue weighted by molar-refractivity contribution is 9.10. The van der Waals surface area contributed by atoms with Crippen molar-refractivity contribution in [2.75, 3.05) is 9.80 Å². The predicted molar refractivity (Wildman–Crippen MR) is 171 cm³/mol. The summed E-state index contributed by atoms with van der Waals surface area (Å²) in [6.07, 6.45) is 5.95. The second-order valence-corrected chi connectivity index (χ2v) is 12.8. The number of imide groups is 2. The maximum absolute atomic E-state index is 14.2. The number of benzene rings is 3. The lowest BCUT2D eigenvalue weighted by atomic mass is 9.57. The summed E-state index contributed by atoms with van der Waals surface area (Å²) in [5.74, 6) is -5.06. The number of nitrogens with zero attached hydrogens (tertiary/aromatic N) is 2. The Morgan fingerprint density at radius 3 is 1.82 bits per heavy atom. The highest BCUT2D eigenvalue weighted by Gasteiger charge is 2.62. The van der Waals surface area contributed by atoms with Crippen LogP contribution in [0.4, 0.5) is 11.4 Å². The molecule has 2 heterocycles. The second kappa shape index (κ2) is 10.6. The van der Waals surface area contributed by atoms with E-state index in [1.54, 1.807) is 66.7 Å². The van der Waals surface area contributed by atoms with Gasteiger partial charge in [-0.3, -0.25) is 29.0 Å². The molecule has 1 N–H and O–H groups in total. The van der Waals surface area contributed by atoms with Gasteiger partial charge in [0, 0.05) is 16.0 Å². The van der Waals surface area contributed by atoms with Crippen molar-refractivity contribution in [1.29, 1.82) is 0 Å². The molecule has 7 rings (SSSR count). The molecule has 6 unspecified atom stereocenters. The Labute approximate surface area is 263 Å². The molecule has 6 atom stereocenters. The van der Waals surface area contributed by atoms with Crippen LogP contribution in [0.5, 0.6) is 5.75 Å². The molecule has 0 bridgehead atoms. The van der Waals surface area contributed by atoms with Crippen LogP contribution in [-0.4, -0.2) is 28.7 Å². The highest BCUT2D eigenvalue weighted by Crippen LogP contribution is 2.59. The zero-order valence-electron chi connectivity index (χ0n) is 23.7. The fraction of sp³-hybridized carbons (Fsp3) is 0.222. The highest BCUT2D eigenvalue weighted by atomic mass is 79.9. The first-order chi connectivity index (χ1) is 21.2. The molecular formula is C36H29BrN2O5. The number of hydrogen-bond acceptors (Lipinski definition) is 5. The van der Waals surface area contributed by atoms with Crippen LogP contribution >= 0.6 is 15.9 Å². The third-order valence-electron chi connectivity index (χ3n) is 9.75. The van der Waals surface area contributed by atoms with E-state index in [0.717, 1.165) is 16.7 Å². The van der Waals surface area contributed by atoms with Crippen LogP contribution in [0.1, 0.15) is 35.4 Å². The SMILES string of the molecule is C=Cc1ccc(N2C(=O)C3CC=C4C(CC5C(=O)N(c6ccc(C=C)cc6)C(=O)C5C4c4cc(Br)ccc4O)C3C2=O)cc1. The summed E-state index contributed by atoms with van der Waals surface area (Å²) >= 11 is 3.51. The fourth-order valence-corrected chi connectivity index (χ4v) is 8.12. The average molecular weight is 650 g/mol. The maximum atomic E-state index is 14.2. The van der Waals surface area contributed by atoms with Crippen LogP contribution in [0.2, 0.25) is 0 Å². The standard InChI is InChI=1S/C36H29BrN2O5/c1-3-19-5-10-22(11-6-19)38-33(41)25-15-14-24-26(31(25)35(38)43)18-28-32(30(24)27-17-21(37)9-16-29(27)40)36(44)39(34(28)42)23-12-7-20(4-2)8-13-23/h3-14,16-17,25-26,28,30-32,40H,1-2,15,18H2. The molecule has 3 aromatic rings. The monoisotopic (exact) mass is 648 g/mol. The number of halogens is 1. The smallest absolute Gasteiger partial charge is 0.238 e. The van der Waals surface area contributed by atoms with E-state index in [2.05, 4.69) is 29.1 Å². The van der Waals surface area contributed by atoms with E-state index in [1.165, 1.54) is 9.80 Å². The minimum atomic E-state index is -0.768. The summed E-state index contributed by atoms with van der Waals surface area (Å²) in [6.45, 7) is 7.55. The second-order valence-electron chi connectivity index (χ2n) is 11.8. The molecule has 0 spiro atoms. The largest absolute Gasteiger partial charge is 0.508 e. The molecule has 4 aliphatic rings. The van der Waals surface area contributed by atoms with Crippen molar-refractivity contribution in [2.24, 2.45) is 29.6 Å². The lowest BCUT2D eigenvalue weighted by Gasteiger charge is -2.44. The van der Waals surface area contributed by atoms with Crippen molar-refractivity contribution < 1.29 is 24.3 Å². The van der Waals surface area contributed by atoms with Gasteiger partial charge in [-0.2, -0.15) is 0 Å². The molecule has 1 saturated carbocycles. The van der Waals surface area contributed by atoms with Crippen molar-refractivity contribution in [3.8, 4) is 5.75 Å². The van der Waals surface area contributed by atoms with E-state index < -0.39 is 35.5 Å². The quantitative estimate of drug-likeness (QED) is 0.252. The molecule has 0 aromatic heterocycles. The van der Waals surface area contributed by atoms with Gasteiger partial charge in [0.2, 0.25) is 23.6 Å². The molecule has 3 fully saturated rings. The number of phenols is 1. The number of carbonyl (C=O) groups is 4. The van der Waals surface area contributed by atoms with Crippen LogP contribution in [0.15, 0.2) is 96.0 Å². The van der Waals surface area contributed by atoms with Crippen molar-refractivity contribution >= 4 is 63.1 Å². The Balaban J connectivity index is 1.33. The zero-order chi connectivity index (χ0) is 30.9. The van der Waals surface area contributed by atoms with Crippen LogP contribution in [0, 0.1) is 29.6 Å². The Kier molecular flexibility index (Phi) is 6.77. The van der Waals surface area contributed by atoms with Gasteiger partial charge in [0.15, 0.2) is 0 Å². The summed E-state index contributed by atoms with van der Waals surface area (Å²) in [6, 6.07) is 19.2. The minimum absolute atomic E-state index is 0.00687. The molecule has 7 nitrogen and oxygen atoms in total. The van der Waals surface area contributed by atoms with Gasteiger partial charge in [-0.15, -0.1) is 0 Å². The normalized spacial score (nSPS) is 27.5. The van der Waals surface area contributed by atoms with Crippen LogP contribution in [-0.2, 0) is 19.2 Å². The molecule has 2 aliphatic carbocycles. The molecular weight excluding hydrogens is 620 g/mol. The number of carbonyl (C=O) groups excluding carboxylic acids is 4. The van der Waals surface area contributed by atoms with Gasteiger partial charge in [-0.1, -0.05) is 77.2 Å². The Bertz CT molecular complexity index is 1790. The number of phenolic OH excluding ortho intramolecular Hbond substituents is 1. The molecule has 8 heteroatoms. The third kappa shape index (κ3) is 4.15. The van der Waals surface area contributed by atoms with E-state index in [9.17, 15) is 24.3 Å². The lowest BCUT2D eigenvalue weighted by Crippen LogP contribution is -2.43. The molecule has 3 aromatic carbocycles. The molecule has 2 saturated heterocycles. The number of rotatable bonds is 5. The minimum Gasteiger partial charge on any atom is -0.508 e. The van der Waals surface area contributed by atoms with Gasteiger partial charge in [0.25, 0.3) is 0 Å². The number of anilines is 2. The van der Waals surface area contributed by atoms with Crippen LogP contribution < -0.4 is 9.80 Å². The van der Waals surface area contributed by atoms with E-state index in [4.69, 9.17) is 0 Å². The van der Waals surface area contributed by atoms with Gasteiger partial charge in [0.05, 0.1) is 35.0 Å². The Hall–Kier alpha value is -4.56. The summed E-state index contributed by atoms with van der Waals surface area (Å²) in [5.41, 5.74) is 4.04. The average Bonchev–Trinajstić information content (AvgIpc) is 3.45. The predicted octanol–water partition coefficient (Wildman–Crippen LogP) is 6.49. The topological polar surface area (TPSA) is 95.0 Å². The lowest BCUT2D eigenvalue weighted by molar-refractivity contribution is -0.126. The number of amides is 4. The zero-order valence-corrected chi connectivity index (χ0v) is 25.3. The Morgan fingerprint density at radius 1 is 0.705 bits per heavy atom. The molecule has 2 aliphatic heterocycles. The molecule has 4 amide bonds. The molecule has 44 heavy (non-hydrogen) atoms.